The lowest BCUT2D eigenvalue weighted by molar-refractivity contribution is 0.0920. The van der Waals surface area contributed by atoms with Crippen molar-refractivity contribution in [2.45, 2.75) is 26.3 Å². The summed E-state index contributed by atoms with van der Waals surface area (Å²) < 4.78 is 13.0. The zero-order valence-corrected chi connectivity index (χ0v) is 13.2. The highest BCUT2D eigenvalue weighted by Crippen LogP contribution is 2.32. The maximum atomic E-state index is 13.0. The summed E-state index contributed by atoms with van der Waals surface area (Å²) in [6.07, 6.45) is 0. The number of nitrogens with two attached hydrogens (primary N) is 1. The molecule has 0 bridgehead atoms. The predicted molar refractivity (Wildman–Crippen MR) is 85.0 cm³/mol. The van der Waals surface area contributed by atoms with E-state index in [9.17, 15) is 9.18 Å². The summed E-state index contributed by atoms with van der Waals surface area (Å²) in [7, 11) is 0. The third-order valence-corrected chi connectivity index (χ3v) is 4.50. The number of halogens is 1. The van der Waals surface area contributed by atoms with Crippen molar-refractivity contribution in [1.82, 2.24) is 5.32 Å². The van der Waals surface area contributed by atoms with Gasteiger partial charge in [-0.15, -0.1) is 11.3 Å². The van der Waals surface area contributed by atoms with E-state index in [0.717, 1.165) is 16.0 Å². The molecule has 1 aromatic heterocycles. The minimum Gasteiger partial charge on any atom is -0.345 e. The molecule has 1 amide bonds. The van der Waals surface area contributed by atoms with Gasteiger partial charge in [0.25, 0.3) is 5.91 Å². The number of amides is 1. The number of hydrogen-bond donors (Lipinski definition) is 2. The summed E-state index contributed by atoms with van der Waals surface area (Å²) in [5.41, 5.74) is 7.10. The highest BCUT2D eigenvalue weighted by Gasteiger charge is 2.21. The van der Waals surface area contributed by atoms with E-state index in [4.69, 9.17) is 5.73 Å². The van der Waals surface area contributed by atoms with E-state index in [1.54, 1.807) is 12.1 Å². The Kier molecular flexibility index (Phi) is 4.44. The number of rotatable bonds is 4. The van der Waals surface area contributed by atoms with E-state index in [-0.39, 0.29) is 11.7 Å². The van der Waals surface area contributed by atoms with Crippen LogP contribution < -0.4 is 11.1 Å². The molecule has 0 atom stereocenters. The second kappa shape index (κ2) is 5.95. The maximum Gasteiger partial charge on any atom is 0.261 e. The normalized spacial score (nSPS) is 11.5. The zero-order chi connectivity index (χ0) is 15.6. The summed E-state index contributed by atoms with van der Waals surface area (Å²) in [6, 6.07) is 8.14. The Balaban J connectivity index is 2.27. The average molecular weight is 306 g/mol. The molecule has 3 N–H and O–H groups in total. The fourth-order valence-electron chi connectivity index (χ4n) is 1.90. The Morgan fingerprint density at radius 3 is 2.52 bits per heavy atom. The Labute approximate surface area is 128 Å². The van der Waals surface area contributed by atoms with Crippen LogP contribution >= 0.6 is 11.3 Å². The van der Waals surface area contributed by atoms with Crippen LogP contribution in [0.4, 0.5) is 4.39 Å². The van der Waals surface area contributed by atoms with E-state index in [2.05, 4.69) is 5.32 Å². The second-order valence-electron chi connectivity index (χ2n) is 5.67. The number of benzene rings is 1. The molecule has 0 aliphatic carbocycles. The van der Waals surface area contributed by atoms with Crippen molar-refractivity contribution in [2.75, 3.05) is 6.54 Å². The average Bonchev–Trinajstić information content (AvgIpc) is 2.81. The van der Waals surface area contributed by atoms with E-state index in [0.29, 0.717) is 11.4 Å². The first-order valence-electron chi connectivity index (χ1n) is 6.71. The Hall–Kier alpha value is -1.72. The molecule has 0 spiro atoms. The quantitative estimate of drug-likeness (QED) is 0.910. The fourth-order valence-corrected chi connectivity index (χ4v) is 2.98. The summed E-state index contributed by atoms with van der Waals surface area (Å²) in [4.78, 5) is 13.9. The van der Waals surface area contributed by atoms with Crippen molar-refractivity contribution < 1.29 is 9.18 Å². The molecule has 112 valence electrons. The van der Waals surface area contributed by atoms with Crippen molar-refractivity contribution in [3.8, 4) is 10.4 Å². The van der Waals surface area contributed by atoms with Gasteiger partial charge in [0.15, 0.2) is 0 Å². The van der Waals surface area contributed by atoms with Gasteiger partial charge >= 0.3 is 0 Å². The molecular formula is C16H19FN2OS. The van der Waals surface area contributed by atoms with Crippen LogP contribution in [0.25, 0.3) is 10.4 Å². The smallest absolute Gasteiger partial charge is 0.261 e. The Bertz CT molecular complexity index is 647. The number of carbonyl (C=O) groups excluding carboxylic acids is 1. The minimum atomic E-state index is -0.439. The molecule has 3 nitrogen and oxygen atoms in total. The molecule has 0 radical (unpaired) electrons. The lowest BCUT2D eigenvalue weighted by Crippen LogP contribution is -2.48. The van der Waals surface area contributed by atoms with Gasteiger partial charge in [-0.05, 0) is 50.1 Å². The van der Waals surface area contributed by atoms with Gasteiger partial charge in [-0.2, -0.15) is 0 Å². The molecule has 0 saturated carbocycles. The molecule has 0 fully saturated rings. The third-order valence-electron chi connectivity index (χ3n) is 3.21. The van der Waals surface area contributed by atoms with Crippen molar-refractivity contribution >= 4 is 17.2 Å². The van der Waals surface area contributed by atoms with E-state index < -0.39 is 5.54 Å². The van der Waals surface area contributed by atoms with Crippen LogP contribution in [-0.4, -0.2) is 18.0 Å². The topological polar surface area (TPSA) is 55.1 Å². The summed E-state index contributed by atoms with van der Waals surface area (Å²) in [5, 5.41) is 2.91. The minimum absolute atomic E-state index is 0.132. The van der Waals surface area contributed by atoms with Gasteiger partial charge in [-0.1, -0.05) is 12.1 Å². The van der Waals surface area contributed by atoms with Crippen LogP contribution in [0.1, 0.15) is 29.1 Å². The molecular weight excluding hydrogens is 287 g/mol. The van der Waals surface area contributed by atoms with Crippen molar-refractivity contribution in [2.24, 2.45) is 5.73 Å². The number of carbonyl (C=O) groups is 1. The summed E-state index contributed by atoms with van der Waals surface area (Å²) >= 11 is 1.40. The highest BCUT2D eigenvalue weighted by atomic mass is 32.1. The van der Waals surface area contributed by atoms with Gasteiger partial charge < -0.3 is 11.1 Å². The molecule has 21 heavy (non-hydrogen) atoms. The predicted octanol–water partition coefficient (Wildman–Crippen LogP) is 3.33. The molecule has 0 aliphatic rings. The fraction of sp³-hybridized carbons (Fsp3) is 0.312. The van der Waals surface area contributed by atoms with Crippen LogP contribution in [-0.2, 0) is 0 Å². The lowest BCUT2D eigenvalue weighted by Gasteiger charge is -2.23. The maximum absolute atomic E-state index is 13.0. The van der Waals surface area contributed by atoms with Crippen LogP contribution in [0.2, 0.25) is 0 Å². The van der Waals surface area contributed by atoms with Crippen LogP contribution in [0, 0.1) is 12.7 Å². The van der Waals surface area contributed by atoms with Crippen LogP contribution in [0.3, 0.4) is 0 Å². The number of hydrogen-bond acceptors (Lipinski definition) is 3. The number of thiophene rings is 1. The lowest BCUT2D eigenvalue weighted by atomic mass is 10.1. The van der Waals surface area contributed by atoms with Crippen molar-refractivity contribution in [3.05, 3.63) is 46.6 Å². The van der Waals surface area contributed by atoms with Gasteiger partial charge in [0, 0.05) is 17.0 Å². The van der Waals surface area contributed by atoms with E-state index >= 15 is 0 Å². The van der Waals surface area contributed by atoms with Gasteiger partial charge in [0.05, 0.1) is 4.88 Å². The first-order valence-corrected chi connectivity index (χ1v) is 7.53. The molecule has 0 unspecified atom stereocenters. The zero-order valence-electron chi connectivity index (χ0n) is 12.4. The van der Waals surface area contributed by atoms with Gasteiger partial charge in [-0.3, -0.25) is 4.79 Å². The van der Waals surface area contributed by atoms with Crippen LogP contribution in [0.15, 0.2) is 30.3 Å². The molecule has 1 heterocycles. The Morgan fingerprint density at radius 2 is 1.95 bits per heavy atom. The van der Waals surface area contributed by atoms with Crippen molar-refractivity contribution in [1.29, 1.82) is 0 Å². The monoisotopic (exact) mass is 306 g/mol. The standard InChI is InChI=1S/C16H19FN2OS/c1-10-8-13(15(20)19-16(2,3)9-18)21-14(10)11-4-6-12(17)7-5-11/h4-8H,9,18H2,1-3H3,(H,19,20). The number of aryl methyl sites for hydroxylation is 1. The first-order chi connectivity index (χ1) is 9.82. The molecule has 0 aliphatic heterocycles. The molecule has 0 saturated heterocycles. The number of nitrogens with one attached hydrogen (secondary N) is 1. The summed E-state index contributed by atoms with van der Waals surface area (Å²) in [6.45, 7) is 6.08. The molecule has 1 aromatic carbocycles. The Morgan fingerprint density at radius 1 is 1.33 bits per heavy atom. The van der Waals surface area contributed by atoms with E-state index in [1.807, 2.05) is 26.8 Å². The van der Waals surface area contributed by atoms with Gasteiger partial charge in [0.2, 0.25) is 0 Å². The molecule has 2 aromatic rings. The molecule has 5 heteroatoms. The SMILES string of the molecule is Cc1cc(C(=O)NC(C)(C)CN)sc1-c1ccc(F)cc1. The largest absolute Gasteiger partial charge is 0.345 e. The van der Waals surface area contributed by atoms with Gasteiger partial charge in [0.1, 0.15) is 5.82 Å². The first kappa shape index (κ1) is 15.7. The van der Waals surface area contributed by atoms with E-state index in [1.165, 1.54) is 23.5 Å². The third kappa shape index (κ3) is 3.68. The van der Waals surface area contributed by atoms with Crippen molar-refractivity contribution in [3.63, 3.8) is 0 Å². The molecule has 2 rings (SSSR count). The summed E-state index contributed by atoms with van der Waals surface area (Å²) in [5.74, 6) is -0.400. The van der Waals surface area contributed by atoms with Crippen LogP contribution in [0.5, 0.6) is 0 Å². The highest BCUT2D eigenvalue weighted by molar-refractivity contribution is 7.17. The van der Waals surface area contributed by atoms with Gasteiger partial charge in [-0.25, -0.2) is 4.39 Å². The second-order valence-corrected chi connectivity index (χ2v) is 6.72.